The molecule has 1 aliphatic carbocycles. The number of rotatable bonds is 7. The number of hydrogen-bond acceptors (Lipinski definition) is 4. The lowest BCUT2D eigenvalue weighted by Gasteiger charge is -2.31. The number of benzene rings is 2. The highest BCUT2D eigenvalue weighted by atomic mass is 16.5. The third-order valence-electron chi connectivity index (χ3n) is 6.63. The van der Waals surface area contributed by atoms with Crippen LogP contribution in [0.3, 0.4) is 0 Å². The largest absolute Gasteiger partial charge is 0.496 e. The third-order valence-corrected chi connectivity index (χ3v) is 6.63. The molecule has 0 radical (unpaired) electrons. The molecule has 4 nitrogen and oxygen atoms in total. The van der Waals surface area contributed by atoms with Crippen LogP contribution in [0, 0.1) is 0 Å². The van der Waals surface area contributed by atoms with Gasteiger partial charge < -0.3 is 14.2 Å². The van der Waals surface area contributed by atoms with Crippen LogP contribution in [-0.2, 0) is 19.4 Å². The monoisotopic (exact) mass is 395 g/mol. The molecule has 156 valence electrons. The molecule has 2 aromatic carbocycles. The number of methoxy groups -OCH3 is 3. The predicted octanol–water partition coefficient (Wildman–Crippen LogP) is 4.97. The van der Waals surface area contributed by atoms with E-state index in [1.165, 1.54) is 47.9 Å². The standard InChI is InChI=1S/C25H33NO3/c1-27-23-11-5-9-21-18(7-4-10-22(21)23)8-6-13-26-14-12-19-15-24(28-2)25(29-3)16-20(19)17-26/h5,9,11,15-16,18H,4,6-8,10,12-14,17H2,1-3H3. The fourth-order valence-electron chi connectivity index (χ4n) is 5.10. The molecule has 0 N–H and O–H groups in total. The molecule has 4 heteroatoms. The first kappa shape index (κ1) is 20.1. The summed E-state index contributed by atoms with van der Waals surface area (Å²) in [5.74, 6) is 3.42. The first-order valence-electron chi connectivity index (χ1n) is 10.9. The van der Waals surface area contributed by atoms with Crippen LogP contribution in [-0.4, -0.2) is 39.3 Å². The van der Waals surface area contributed by atoms with Crippen LogP contribution in [0.15, 0.2) is 30.3 Å². The molecule has 2 aromatic rings. The predicted molar refractivity (Wildman–Crippen MR) is 116 cm³/mol. The van der Waals surface area contributed by atoms with E-state index in [9.17, 15) is 0 Å². The molecule has 0 aromatic heterocycles. The zero-order chi connectivity index (χ0) is 20.2. The van der Waals surface area contributed by atoms with Gasteiger partial charge in [0.25, 0.3) is 0 Å². The van der Waals surface area contributed by atoms with Crippen molar-refractivity contribution in [2.75, 3.05) is 34.4 Å². The van der Waals surface area contributed by atoms with Crippen LogP contribution >= 0.6 is 0 Å². The quantitative estimate of drug-likeness (QED) is 0.662. The van der Waals surface area contributed by atoms with Crippen molar-refractivity contribution in [1.82, 2.24) is 4.90 Å². The molecule has 1 heterocycles. The van der Waals surface area contributed by atoms with Crippen molar-refractivity contribution in [3.63, 3.8) is 0 Å². The minimum Gasteiger partial charge on any atom is -0.496 e. The Labute approximate surface area is 174 Å². The molecule has 1 aliphatic heterocycles. The van der Waals surface area contributed by atoms with Gasteiger partial charge >= 0.3 is 0 Å². The van der Waals surface area contributed by atoms with Crippen molar-refractivity contribution in [3.8, 4) is 17.2 Å². The molecule has 0 fully saturated rings. The van der Waals surface area contributed by atoms with E-state index in [-0.39, 0.29) is 0 Å². The number of fused-ring (bicyclic) bond motifs is 2. The van der Waals surface area contributed by atoms with Crippen LogP contribution in [0.25, 0.3) is 0 Å². The molecule has 0 saturated carbocycles. The van der Waals surface area contributed by atoms with Crippen LogP contribution in [0.5, 0.6) is 17.2 Å². The van der Waals surface area contributed by atoms with Gasteiger partial charge in [-0.25, -0.2) is 0 Å². The summed E-state index contributed by atoms with van der Waals surface area (Å²) in [7, 11) is 5.21. The summed E-state index contributed by atoms with van der Waals surface area (Å²) >= 11 is 0. The molecular weight excluding hydrogens is 362 g/mol. The van der Waals surface area contributed by atoms with Gasteiger partial charge in [0.15, 0.2) is 11.5 Å². The Balaban J connectivity index is 1.36. The number of ether oxygens (including phenoxy) is 3. The maximum absolute atomic E-state index is 5.60. The second kappa shape index (κ2) is 9.08. The molecule has 4 rings (SSSR count). The Kier molecular flexibility index (Phi) is 6.29. The SMILES string of the molecule is COc1cc2c(cc1OC)CN(CCCC1CCCc3c(OC)cccc31)CC2. The van der Waals surface area contributed by atoms with Crippen LogP contribution in [0.4, 0.5) is 0 Å². The third kappa shape index (κ3) is 4.23. The molecule has 0 spiro atoms. The van der Waals surface area contributed by atoms with E-state index in [0.717, 1.165) is 49.7 Å². The van der Waals surface area contributed by atoms with Crippen molar-refractivity contribution < 1.29 is 14.2 Å². The molecule has 0 bridgehead atoms. The number of hydrogen-bond donors (Lipinski definition) is 0. The fourth-order valence-corrected chi connectivity index (χ4v) is 5.10. The van der Waals surface area contributed by atoms with Crippen molar-refractivity contribution >= 4 is 0 Å². The molecule has 0 saturated heterocycles. The van der Waals surface area contributed by atoms with Crippen LogP contribution < -0.4 is 14.2 Å². The van der Waals surface area contributed by atoms with Gasteiger partial charge in [0.2, 0.25) is 0 Å². The Morgan fingerprint density at radius 1 is 0.931 bits per heavy atom. The lowest BCUT2D eigenvalue weighted by Crippen LogP contribution is -2.31. The van der Waals surface area contributed by atoms with Crippen molar-refractivity contribution in [2.24, 2.45) is 0 Å². The Morgan fingerprint density at radius 3 is 2.45 bits per heavy atom. The Hall–Kier alpha value is -2.20. The van der Waals surface area contributed by atoms with E-state index in [1.54, 1.807) is 21.3 Å². The summed E-state index contributed by atoms with van der Waals surface area (Å²) in [5.41, 5.74) is 5.74. The summed E-state index contributed by atoms with van der Waals surface area (Å²) in [6.45, 7) is 3.28. The second-order valence-electron chi connectivity index (χ2n) is 8.26. The topological polar surface area (TPSA) is 30.9 Å². The van der Waals surface area contributed by atoms with Gasteiger partial charge in [0, 0.05) is 13.1 Å². The van der Waals surface area contributed by atoms with E-state index < -0.39 is 0 Å². The maximum atomic E-state index is 5.60. The zero-order valence-electron chi connectivity index (χ0n) is 18.0. The smallest absolute Gasteiger partial charge is 0.161 e. The average Bonchev–Trinajstić information content (AvgIpc) is 2.77. The summed E-state index contributed by atoms with van der Waals surface area (Å²) in [5, 5.41) is 0. The van der Waals surface area contributed by atoms with E-state index in [0.29, 0.717) is 5.92 Å². The van der Waals surface area contributed by atoms with E-state index >= 15 is 0 Å². The summed E-state index contributed by atoms with van der Waals surface area (Å²) in [6, 6.07) is 10.9. The van der Waals surface area contributed by atoms with Crippen LogP contribution in [0.1, 0.15) is 53.9 Å². The lowest BCUT2D eigenvalue weighted by atomic mass is 9.80. The highest BCUT2D eigenvalue weighted by Crippen LogP contribution is 2.39. The molecular formula is C25H33NO3. The van der Waals surface area contributed by atoms with Crippen molar-refractivity contribution in [2.45, 2.75) is 51.0 Å². The van der Waals surface area contributed by atoms with E-state index in [2.05, 4.69) is 35.2 Å². The van der Waals surface area contributed by atoms with Gasteiger partial charge in [-0.1, -0.05) is 12.1 Å². The summed E-state index contributed by atoms with van der Waals surface area (Å²) in [4.78, 5) is 2.59. The molecule has 29 heavy (non-hydrogen) atoms. The van der Waals surface area contributed by atoms with Gasteiger partial charge in [0.1, 0.15) is 5.75 Å². The molecule has 1 unspecified atom stereocenters. The van der Waals surface area contributed by atoms with Crippen molar-refractivity contribution in [1.29, 1.82) is 0 Å². The average molecular weight is 396 g/mol. The summed E-state index contributed by atoms with van der Waals surface area (Å²) in [6.07, 6.45) is 7.32. The van der Waals surface area contributed by atoms with E-state index in [1.807, 2.05) is 0 Å². The first-order valence-corrected chi connectivity index (χ1v) is 10.9. The molecule has 1 atom stereocenters. The highest BCUT2D eigenvalue weighted by Gasteiger charge is 2.23. The minimum atomic E-state index is 0.676. The minimum absolute atomic E-state index is 0.676. The lowest BCUT2D eigenvalue weighted by molar-refractivity contribution is 0.244. The zero-order valence-corrected chi connectivity index (χ0v) is 18.0. The van der Waals surface area contributed by atoms with Crippen LogP contribution in [0.2, 0.25) is 0 Å². The Morgan fingerprint density at radius 2 is 1.69 bits per heavy atom. The first-order chi connectivity index (χ1) is 14.2. The fraction of sp³-hybridized carbons (Fsp3) is 0.520. The maximum Gasteiger partial charge on any atom is 0.161 e. The van der Waals surface area contributed by atoms with E-state index in [4.69, 9.17) is 14.2 Å². The molecule has 0 amide bonds. The summed E-state index contributed by atoms with van der Waals surface area (Å²) < 4.78 is 16.6. The van der Waals surface area contributed by atoms with Crippen molar-refractivity contribution in [3.05, 3.63) is 52.6 Å². The van der Waals surface area contributed by atoms with Gasteiger partial charge in [-0.3, -0.25) is 4.90 Å². The molecule has 2 aliphatic rings. The Bertz CT molecular complexity index is 848. The van der Waals surface area contributed by atoms with Gasteiger partial charge in [-0.15, -0.1) is 0 Å². The van der Waals surface area contributed by atoms with Gasteiger partial charge in [-0.05, 0) is 91.4 Å². The number of nitrogens with zero attached hydrogens (tertiary/aromatic N) is 1. The highest BCUT2D eigenvalue weighted by molar-refractivity contribution is 5.48. The van der Waals surface area contributed by atoms with Gasteiger partial charge in [-0.2, -0.15) is 0 Å². The van der Waals surface area contributed by atoms with Gasteiger partial charge in [0.05, 0.1) is 21.3 Å². The second-order valence-corrected chi connectivity index (χ2v) is 8.26. The normalized spacial score (nSPS) is 18.7.